The van der Waals surface area contributed by atoms with E-state index in [2.05, 4.69) is 13.8 Å². The zero-order valence-corrected chi connectivity index (χ0v) is 12.3. The number of rotatable bonds is 10. The lowest BCUT2D eigenvalue weighted by Gasteiger charge is -2.44. The van der Waals surface area contributed by atoms with E-state index in [1.165, 1.54) is 44.9 Å². The predicted molar refractivity (Wildman–Crippen MR) is 73.8 cm³/mol. The quantitative estimate of drug-likeness (QED) is 0.611. The molecule has 1 fully saturated rings. The molecule has 3 heteroatoms. The summed E-state index contributed by atoms with van der Waals surface area (Å²) in [6.07, 6.45) is 8.78. The van der Waals surface area contributed by atoms with Crippen molar-refractivity contribution in [3.8, 4) is 0 Å². The largest absolute Gasteiger partial charge is 0.394 e. The van der Waals surface area contributed by atoms with E-state index < -0.39 is 0 Å². The molecule has 0 amide bonds. The highest BCUT2D eigenvalue weighted by Crippen LogP contribution is 2.40. The molecule has 2 unspecified atom stereocenters. The van der Waals surface area contributed by atoms with Gasteiger partial charge in [-0.1, -0.05) is 26.2 Å². The molecule has 0 aromatic rings. The molecule has 1 aliphatic carbocycles. The molecule has 1 N–H and O–H groups in total. The fourth-order valence-corrected chi connectivity index (χ4v) is 2.51. The maximum Gasteiger partial charge on any atom is 0.0788 e. The fraction of sp³-hybridized carbons (Fsp3) is 1.00. The summed E-state index contributed by atoms with van der Waals surface area (Å²) in [7, 11) is 0. The molecule has 0 aliphatic heterocycles. The Hall–Kier alpha value is -0.120. The molecule has 1 rings (SSSR count). The minimum atomic E-state index is -0.0894. The molecule has 0 saturated heterocycles. The molecule has 108 valence electrons. The van der Waals surface area contributed by atoms with Gasteiger partial charge in [0.1, 0.15) is 0 Å². The van der Waals surface area contributed by atoms with Crippen LogP contribution in [0.5, 0.6) is 0 Å². The number of aliphatic hydroxyl groups is 1. The Balaban J connectivity index is 2.24. The number of hydrogen-bond acceptors (Lipinski definition) is 3. The van der Waals surface area contributed by atoms with Gasteiger partial charge in [0.25, 0.3) is 0 Å². The van der Waals surface area contributed by atoms with Gasteiger partial charge in [0.05, 0.1) is 31.0 Å². The van der Waals surface area contributed by atoms with Crippen molar-refractivity contribution in [1.29, 1.82) is 0 Å². The second-order valence-electron chi connectivity index (χ2n) is 5.75. The van der Waals surface area contributed by atoms with E-state index in [1.54, 1.807) is 0 Å². The van der Waals surface area contributed by atoms with Crippen LogP contribution in [0, 0.1) is 0 Å². The first-order valence-electron chi connectivity index (χ1n) is 7.52. The summed E-state index contributed by atoms with van der Waals surface area (Å²) in [5, 5.41) is 8.92. The van der Waals surface area contributed by atoms with Crippen molar-refractivity contribution < 1.29 is 14.6 Å². The second kappa shape index (κ2) is 8.13. The van der Waals surface area contributed by atoms with E-state index in [1.807, 2.05) is 6.92 Å². The van der Waals surface area contributed by atoms with Gasteiger partial charge in [-0.15, -0.1) is 0 Å². The molecule has 2 atom stereocenters. The van der Waals surface area contributed by atoms with Crippen molar-refractivity contribution in [2.24, 2.45) is 0 Å². The van der Waals surface area contributed by atoms with Crippen LogP contribution in [0.1, 0.15) is 65.7 Å². The summed E-state index contributed by atoms with van der Waals surface area (Å²) in [4.78, 5) is 0. The maximum absolute atomic E-state index is 8.92. The standard InChI is InChI=1S/C15H30O3/c1-4-5-6-8-15(9-7-10-15)18-14(3)12-17-13(2)11-16/h13-14,16H,4-12H2,1-3H3. The van der Waals surface area contributed by atoms with Crippen molar-refractivity contribution in [2.75, 3.05) is 13.2 Å². The van der Waals surface area contributed by atoms with Crippen LogP contribution in [0.15, 0.2) is 0 Å². The van der Waals surface area contributed by atoms with Gasteiger partial charge >= 0.3 is 0 Å². The Labute approximate surface area is 112 Å². The van der Waals surface area contributed by atoms with E-state index >= 15 is 0 Å². The smallest absolute Gasteiger partial charge is 0.0788 e. The summed E-state index contributed by atoms with van der Waals surface area (Å²) in [5.74, 6) is 0. The number of ether oxygens (including phenoxy) is 2. The van der Waals surface area contributed by atoms with Crippen molar-refractivity contribution in [3.05, 3.63) is 0 Å². The van der Waals surface area contributed by atoms with E-state index in [-0.39, 0.29) is 24.4 Å². The van der Waals surface area contributed by atoms with Gasteiger partial charge < -0.3 is 14.6 Å². The Kier molecular flexibility index (Phi) is 7.20. The van der Waals surface area contributed by atoms with Crippen molar-refractivity contribution >= 4 is 0 Å². The van der Waals surface area contributed by atoms with E-state index in [0.717, 1.165) is 0 Å². The predicted octanol–water partition coefficient (Wildman–Crippen LogP) is 3.29. The van der Waals surface area contributed by atoms with Crippen molar-refractivity contribution in [3.63, 3.8) is 0 Å². The third-order valence-electron chi connectivity index (χ3n) is 3.82. The molecule has 1 saturated carbocycles. The fourth-order valence-electron chi connectivity index (χ4n) is 2.51. The Morgan fingerprint density at radius 3 is 2.39 bits per heavy atom. The average Bonchev–Trinajstić information content (AvgIpc) is 2.33. The summed E-state index contributed by atoms with van der Waals surface area (Å²) in [5.41, 5.74) is 0.139. The molecule has 0 aromatic heterocycles. The first kappa shape index (κ1) is 15.9. The van der Waals surface area contributed by atoms with E-state index in [9.17, 15) is 0 Å². The Bertz CT molecular complexity index is 214. The molecule has 0 aromatic carbocycles. The number of hydrogen-bond donors (Lipinski definition) is 1. The van der Waals surface area contributed by atoms with Gasteiger partial charge in [-0.2, -0.15) is 0 Å². The Morgan fingerprint density at radius 2 is 1.89 bits per heavy atom. The van der Waals surface area contributed by atoms with Gasteiger partial charge in [-0.25, -0.2) is 0 Å². The van der Waals surface area contributed by atoms with Gasteiger partial charge in [-0.3, -0.25) is 0 Å². The lowest BCUT2D eigenvalue weighted by atomic mass is 9.76. The van der Waals surface area contributed by atoms with Crippen LogP contribution in [-0.4, -0.2) is 36.1 Å². The first-order chi connectivity index (χ1) is 8.62. The lowest BCUT2D eigenvalue weighted by Crippen LogP contribution is -2.43. The number of aliphatic hydroxyl groups excluding tert-OH is 1. The molecule has 18 heavy (non-hydrogen) atoms. The van der Waals surface area contributed by atoms with Crippen LogP contribution < -0.4 is 0 Å². The highest BCUT2D eigenvalue weighted by Gasteiger charge is 2.38. The topological polar surface area (TPSA) is 38.7 Å². The zero-order chi connectivity index (χ0) is 13.4. The van der Waals surface area contributed by atoms with Crippen LogP contribution in [0.4, 0.5) is 0 Å². The van der Waals surface area contributed by atoms with Gasteiger partial charge in [0.15, 0.2) is 0 Å². The lowest BCUT2D eigenvalue weighted by molar-refractivity contribution is -0.161. The maximum atomic E-state index is 8.92. The molecular formula is C15H30O3. The van der Waals surface area contributed by atoms with Crippen LogP contribution in [0.3, 0.4) is 0 Å². The van der Waals surface area contributed by atoms with E-state index in [4.69, 9.17) is 14.6 Å². The zero-order valence-electron chi connectivity index (χ0n) is 12.3. The molecular weight excluding hydrogens is 228 g/mol. The highest BCUT2D eigenvalue weighted by molar-refractivity contribution is 4.90. The molecule has 0 spiro atoms. The average molecular weight is 258 g/mol. The SMILES string of the molecule is CCCCCC1(OC(C)COC(C)CO)CCC1. The van der Waals surface area contributed by atoms with Crippen LogP contribution in [0.2, 0.25) is 0 Å². The van der Waals surface area contributed by atoms with Gasteiger partial charge in [-0.05, 0) is 39.5 Å². The third kappa shape index (κ3) is 5.25. The first-order valence-corrected chi connectivity index (χ1v) is 7.52. The summed E-state index contributed by atoms with van der Waals surface area (Å²) >= 11 is 0. The normalized spacial score (nSPS) is 21.3. The molecule has 0 heterocycles. The van der Waals surface area contributed by atoms with Gasteiger partial charge in [0, 0.05) is 0 Å². The van der Waals surface area contributed by atoms with Crippen LogP contribution in [-0.2, 0) is 9.47 Å². The van der Waals surface area contributed by atoms with E-state index in [0.29, 0.717) is 6.61 Å². The highest BCUT2D eigenvalue weighted by atomic mass is 16.6. The number of unbranched alkanes of at least 4 members (excludes halogenated alkanes) is 2. The Morgan fingerprint density at radius 1 is 1.17 bits per heavy atom. The molecule has 0 radical (unpaired) electrons. The molecule has 3 nitrogen and oxygen atoms in total. The molecule has 0 bridgehead atoms. The minimum Gasteiger partial charge on any atom is -0.394 e. The van der Waals surface area contributed by atoms with Gasteiger partial charge in [0.2, 0.25) is 0 Å². The van der Waals surface area contributed by atoms with Crippen molar-refractivity contribution in [2.45, 2.75) is 83.5 Å². The summed E-state index contributed by atoms with van der Waals surface area (Å²) in [6.45, 7) is 6.85. The van der Waals surface area contributed by atoms with Crippen LogP contribution >= 0.6 is 0 Å². The second-order valence-corrected chi connectivity index (χ2v) is 5.75. The van der Waals surface area contributed by atoms with Crippen LogP contribution in [0.25, 0.3) is 0 Å². The third-order valence-corrected chi connectivity index (χ3v) is 3.82. The minimum absolute atomic E-state index is 0.0777. The monoisotopic (exact) mass is 258 g/mol. The summed E-state index contributed by atoms with van der Waals surface area (Å²) in [6, 6.07) is 0. The van der Waals surface area contributed by atoms with Crippen molar-refractivity contribution in [1.82, 2.24) is 0 Å². The molecule has 1 aliphatic rings. The summed E-state index contributed by atoms with van der Waals surface area (Å²) < 4.78 is 11.7.